The summed E-state index contributed by atoms with van der Waals surface area (Å²) in [6.07, 6.45) is 6.14. The first-order valence-corrected chi connectivity index (χ1v) is 13.2. The molecule has 6 heteroatoms. The summed E-state index contributed by atoms with van der Waals surface area (Å²) >= 11 is 0. The molecule has 1 N–H and O–H groups in total. The Bertz CT molecular complexity index is 1360. The summed E-state index contributed by atoms with van der Waals surface area (Å²) in [6.45, 7) is -0.647. The first-order valence-electron chi connectivity index (χ1n) is 13.8. The Kier molecular flexibility index (Phi) is 9.85. The largest absolute Gasteiger partial charge is 0.493 e. The van der Waals surface area contributed by atoms with Crippen LogP contribution in [0.2, 0.25) is 0 Å². The first-order chi connectivity index (χ1) is 19.6. The van der Waals surface area contributed by atoms with E-state index in [1.165, 1.54) is 0 Å². The van der Waals surface area contributed by atoms with Gasteiger partial charge in [-0.1, -0.05) is 60.7 Å². The molecule has 0 radical (unpaired) electrons. The van der Waals surface area contributed by atoms with Crippen LogP contribution in [0.25, 0.3) is 11.1 Å². The van der Waals surface area contributed by atoms with Crippen molar-refractivity contribution >= 4 is 11.7 Å². The van der Waals surface area contributed by atoms with Crippen molar-refractivity contribution in [2.75, 3.05) is 13.2 Å². The molecule has 6 nitrogen and oxygen atoms in total. The fourth-order valence-electron chi connectivity index (χ4n) is 4.23. The zero-order valence-electron chi connectivity index (χ0n) is 22.9. The van der Waals surface area contributed by atoms with Crippen LogP contribution in [0.5, 0.6) is 5.75 Å². The fraction of sp³-hybridized carbons (Fsp3) is 0.242. The number of unbranched alkanes of at least 4 members (excludes halogenated alkanes) is 2. The average Bonchev–Trinajstić information content (AvgIpc) is 3.02. The molecule has 1 unspecified atom stereocenters. The molecule has 3 aromatic carbocycles. The lowest BCUT2D eigenvalue weighted by Gasteiger charge is -2.24. The lowest BCUT2D eigenvalue weighted by atomic mass is 10.0. The molecular weight excluding hydrogens is 488 g/mol. The molecular formula is C33H34N2O4. The van der Waals surface area contributed by atoms with Crippen LogP contribution in [0.3, 0.4) is 0 Å². The maximum absolute atomic E-state index is 13.8. The number of carbonyl (C=O) groups is 2. The maximum Gasteiger partial charge on any atom is 0.254 e. The second-order valence-corrected chi connectivity index (χ2v) is 9.25. The SMILES string of the molecule is [2H]C(c1ccccc1)N(Cc1ccccc1OCCCCCC(=O)CO)C(=O)c1ccc(-c2ccncc2)cc1. The van der Waals surface area contributed by atoms with Crippen molar-refractivity contribution in [1.82, 2.24) is 9.88 Å². The highest BCUT2D eigenvalue weighted by Crippen LogP contribution is 2.24. The van der Waals surface area contributed by atoms with E-state index in [0.29, 0.717) is 30.8 Å². The Balaban J connectivity index is 1.51. The quantitative estimate of drug-likeness (QED) is 0.202. The van der Waals surface area contributed by atoms with Gasteiger partial charge in [-0.05, 0) is 66.3 Å². The van der Waals surface area contributed by atoms with Crippen LogP contribution in [0.1, 0.15) is 48.5 Å². The van der Waals surface area contributed by atoms with Gasteiger partial charge in [0.2, 0.25) is 0 Å². The summed E-state index contributed by atoms with van der Waals surface area (Å²) in [5.74, 6) is 0.278. The van der Waals surface area contributed by atoms with Gasteiger partial charge in [0.05, 0.1) is 7.98 Å². The minimum atomic E-state index is -0.911. The number of ether oxygens (including phenoxy) is 1. The molecule has 1 aromatic heterocycles. The van der Waals surface area contributed by atoms with Gasteiger partial charge in [-0.25, -0.2) is 0 Å². The molecule has 4 aromatic rings. The van der Waals surface area contributed by atoms with E-state index in [-0.39, 0.29) is 18.2 Å². The summed E-state index contributed by atoms with van der Waals surface area (Å²) in [4.78, 5) is 30.7. The minimum Gasteiger partial charge on any atom is -0.493 e. The lowest BCUT2D eigenvalue weighted by Crippen LogP contribution is -2.30. The molecule has 0 aliphatic heterocycles. The molecule has 39 heavy (non-hydrogen) atoms. The van der Waals surface area contributed by atoms with Gasteiger partial charge in [0.15, 0.2) is 5.78 Å². The molecule has 0 fully saturated rings. The van der Waals surface area contributed by atoms with E-state index in [1.807, 2.05) is 78.9 Å². The topological polar surface area (TPSA) is 79.7 Å². The van der Waals surface area contributed by atoms with Crippen molar-refractivity contribution in [2.24, 2.45) is 0 Å². The number of rotatable bonds is 14. The van der Waals surface area contributed by atoms with E-state index in [1.54, 1.807) is 29.4 Å². The van der Waals surface area contributed by atoms with Crippen molar-refractivity contribution in [3.05, 3.63) is 120 Å². The highest BCUT2D eigenvalue weighted by atomic mass is 16.5. The number of aliphatic hydroxyl groups excluding tert-OH is 1. The summed E-state index contributed by atoms with van der Waals surface area (Å²) in [5, 5.41) is 8.85. The molecule has 0 bridgehead atoms. The molecule has 0 aliphatic rings. The van der Waals surface area contributed by atoms with Crippen LogP contribution >= 0.6 is 0 Å². The Morgan fingerprint density at radius 3 is 2.26 bits per heavy atom. The van der Waals surface area contributed by atoms with Gasteiger partial charge in [0, 0.05) is 43.0 Å². The number of ketones is 1. The lowest BCUT2D eigenvalue weighted by molar-refractivity contribution is -0.121. The monoisotopic (exact) mass is 523 g/mol. The fourth-order valence-corrected chi connectivity index (χ4v) is 4.23. The second-order valence-electron chi connectivity index (χ2n) is 9.25. The van der Waals surface area contributed by atoms with Gasteiger partial charge in [0.1, 0.15) is 12.4 Å². The number of carbonyl (C=O) groups excluding carboxylic acids is 2. The predicted molar refractivity (Wildman–Crippen MR) is 152 cm³/mol. The van der Waals surface area contributed by atoms with E-state index < -0.39 is 13.1 Å². The van der Waals surface area contributed by atoms with Crippen LogP contribution in [0.15, 0.2) is 103 Å². The van der Waals surface area contributed by atoms with Crippen LogP contribution in [-0.4, -0.2) is 39.9 Å². The Hall–Kier alpha value is -4.29. The van der Waals surface area contributed by atoms with E-state index in [2.05, 4.69) is 4.98 Å². The number of para-hydroxylation sites is 1. The van der Waals surface area contributed by atoms with Gasteiger partial charge >= 0.3 is 0 Å². The summed E-state index contributed by atoms with van der Waals surface area (Å²) in [7, 11) is 0. The normalized spacial score (nSPS) is 11.9. The van der Waals surface area contributed by atoms with E-state index in [9.17, 15) is 9.59 Å². The first kappa shape index (κ1) is 26.3. The number of pyridine rings is 1. The van der Waals surface area contributed by atoms with Crippen molar-refractivity contribution < 1.29 is 20.8 Å². The Labute approximate surface area is 231 Å². The third-order valence-corrected chi connectivity index (χ3v) is 6.36. The predicted octanol–water partition coefficient (Wildman–Crippen LogP) is 6.09. The Morgan fingerprint density at radius 2 is 1.51 bits per heavy atom. The van der Waals surface area contributed by atoms with Crippen LogP contribution < -0.4 is 4.74 Å². The number of hydrogen-bond donors (Lipinski definition) is 1. The zero-order valence-corrected chi connectivity index (χ0v) is 21.9. The standard InChI is InChI=1S/C33H34N2O4/c36-25-31(37)12-5-2-8-22-39-32-13-7-6-11-30(32)24-35(23-26-9-3-1-4-10-26)33(38)29-16-14-27(15-17-29)28-18-20-34-21-19-28/h1,3-4,6-7,9-11,13-21,36H,2,5,8,12,22-25H2/i23D. The maximum atomic E-state index is 13.8. The van der Waals surface area contributed by atoms with Gasteiger partial charge in [0.25, 0.3) is 5.91 Å². The number of amides is 1. The number of Topliss-reactive ketones (excluding diaryl/α,β-unsaturated/α-hetero) is 1. The Morgan fingerprint density at radius 1 is 0.821 bits per heavy atom. The molecule has 4 rings (SSSR count). The number of nitrogens with zero attached hydrogens (tertiary/aromatic N) is 2. The molecule has 0 saturated heterocycles. The van der Waals surface area contributed by atoms with Gasteiger partial charge in [-0.2, -0.15) is 0 Å². The third-order valence-electron chi connectivity index (χ3n) is 6.36. The smallest absolute Gasteiger partial charge is 0.254 e. The van der Waals surface area contributed by atoms with Gasteiger partial charge in [-0.3, -0.25) is 14.6 Å². The summed E-state index contributed by atoms with van der Waals surface area (Å²) < 4.78 is 15.1. The number of benzene rings is 3. The molecule has 0 spiro atoms. The molecule has 1 amide bonds. The highest BCUT2D eigenvalue weighted by Gasteiger charge is 2.19. The zero-order chi connectivity index (χ0) is 28.2. The van der Waals surface area contributed by atoms with Crippen molar-refractivity contribution in [3.63, 3.8) is 0 Å². The third kappa shape index (κ3) is 8.35. The summed E-state index contributed by atoms with van der Waals surface area (Å²) in [5.41, 5.74) is 4.03. The summed E-state index contributed by atoms with van der Waals surface area (Å²) in [6, 6.07) is 28.2. The van der Waals surface area contributed by atoms with Gasteiger partial charge in [-0.15, -0.1) is 0 Å². The van der Waals surface area contributed by atoms with Crippen LogP contribution in [-0.2, 0) is 17.9 Å². The van der Waals surface area contributed by atoms with E-state index >= 15 is 0 Å². The highest BCUT2D eigenvalue weighted by molar-refractivity contribution is 5.94. The number of aromatic nitrogens is 1. The van der Waals surface area contributed by atoms with E-state index in [4.69, 9.17) is 11.2 Å². The molecule has 0 aliphatic carbocycles. The van der Waals surface area contributed by atoms with Crippen LogP contribution in [0.4, 0.5) is 0 Å². The van der Waals surface area contributed by atoms with Crippen molar-refractivity contribution in [2.45, 2.75) is 38.7 Å². The molecule has 0 saturated carbocycles. The van der Waals surface area contributed by atoms with Crippen LogP contribution in [0, 0.1) is 0 Å². The minimum absolute atomic E-state index is 0.147. The average molecular weight is 524 g/mol. The molecule has 1 heterocycles. The number of hydrogen-bond acceptors (Lipinski definition) is 5. The van der Waals surface area contributed by atoms with Crippen molar-refractivity contribution in [1.29, 1.82) is 0 Å². The van der Waals surface area contributed by atoms with Crippen molar-refractivity contribution in [3.8, 4) is 16.9 Å². The number of aliphatic hydroxyl groups is 1. The molecule has 1 atom stereocenters. The van der Waals surface area contributed by atoms with Gasteiger partial charge < -0.3 is 14.7 Å². The van der Waals surface area contributed by atoms with E-state index in [0.717, 1.165) is 35.1 Å². The second kappa shape index (κ2) is 14.6. The molecule has 200 valence electrons.